The average molecular weight is 217 g/mol. The Hall–Kier alpha value is -2.22. The summed E-state index contributed by atoms with van der Waals surface area (Å²) in [5.41, 5.74) is 1.27. The fraction of sp³-hybridized carbons (Fsp3) is 0.273. The number of amides is 1. The van der Waals surface area contributed by atoms with E-state index >= 15 is 0 Å². The first kappa shape index (κ1) is 10.3. The van der Waals surface area contributed by atoms with Gasteiger partial charge >= 0.3 is 0 Å². The lowest BCUT2D eigenvalue weighted by molar-refractivity contribution is 0.0954. The summed E-state index contributed by atoms with van der Waals surface area (Å²) in [5.74, 6) is 0.270. The second kappa shape index (κ2) is 4.53. The van der Waals surface area contributed by atoms with Gasteiger partial charge in [-0.1, -0.05) is 6.07 Å². The number of rotatable bonds is 2. The summed E-state index contributed by atoms with van der Waals surface area (Å²) in [6.07, 6.45) is 0. The molecule has 0 aliphatic carbocycles. The lowest BCUT2D eigenvalue weighted by Crippen LogP contribution is -2.26. The smallest absolute Gasteiger partial charge is 0.255 e. The Morgan fingerprint density at radius 2 is 2.50 bits per heavy atom. The molecule has 2 rings (SSSR count). The minimum Gasteiger partial charge on any atom is -0.489 e. The van der Waals surface area contributed by atoms with Gasteiger partial charge in [-0.3, -0.25) is 4.79 Å². The molecule has 1 heterocycles. The number of ether oxygens (including phenoxy) is 1. The van der Waals surface area contributed by atoms with E-state index in [2.05, 4.69) is 10.6 Å². The first-order valence-corrected chi connectivity index (χ1v) is 4.98. The highest BCUT2D eigenvalue weighted by Gasteiger charge is 2.18. The lowest BCUT2D eigenvalue weighted by Gasteiger charge is -2.21. The zero-order chi connectivity index (χ0) is 11.4. The van der Waals surface area contributed by atoms with Crippen molar-refractivity contribution in [2.24, 2.45) is 0 Å². The molecule has 5 nitrogen and oxygen atoms in total. The maximum absolute atomic E-state index is 11.7. The molecular weight excluding hydrogens is 206 g/mol. The molecule has 0 spiro atoms. The summed E-state index contributed by atoms with van der Waals surface area (Å²) in [7, 11) is 0. The fourth-order valence-electron chi connectivity index (χ4n) is 1.56. The topological polar surface area (TPSA) is 74.2 Å². The fourth-order valence-corrected chi connectivity index (χ4v) is 1.56. The summed E-state index contributed by atoms with van der Waals surface area (Å²) in [5, 5.41) is 14.0. The van der Waals surface area contributed by atoms with Gasteiger partial charge in [-0.15, -0.1) is 0 Å². The zero-order valence-corrected chi connectivity index (χ0v) is 8.62. The number of hydrogen-bond acceptors (Lipinski definition) is 4. The number of nitrogens with zero attached hydrogens (tertiary/aromatic N) is 1. The van der Waals surface area contributed by atoms with E-state index in [1.54, 1.807) is 12.1 Å². The first-order valence-electron chi connectivity index (χ1n) is 4.98. The van der Waals surface area contributed by atoms with Crippen LogP contribution in [-0.4, -0.2) is 25.6 Å². The van der Waals surface area contributed by atoms with Crippen molar-refractivity contribution in [3.63, 3.8) is 0 Å². The number of hydrogen-bond donors (Lipinski definition) is 2. The van der Waals surface area contributed by atoms with Crippen LogP contribution in [0.3, 0.4) is 0 Å². The van der Waals surface area contributed by atoms with Gasteiger partial charge in [0, 0.05) is 6.54 Å². The van der Waals surface area contributed by atoms with Gasteiger partial charge in [0.1, 0.15) is 13.2 Å². The van der Waals surface area contributed by atoms with Gasteiger partial charge in [-0.05, 0) is 12.1 Å². The minimum atomic E-state index is -0.290. The molecule has 0 saturated heterocycles. The minimum absolute atomic E-state index is 0.00404. The number of para-hydroxylation sites is 1. The second-order valence-electron chi connectivity index (χ2n) is 3.30. The summed E-state index contributed by atoms with van der Waals surface area (Å²) in [6, 6.07) is 7.18. The van der Waals surface area contributed by atoms with Gasteiger partial charge in [0.05, 0.1) is 17.3 Å². The molecule has 0 unspecified atom stereocenters. The van der Waals surface area contributed by atoms with Crippen LogP contribution >= 0.6 is 0 Å². The van der Waals surface area contributed by atoms with Gasteiger partial charge in [0.15, 0.2) is 5.75 Å². The summed E-state index contributed by atoms with van der Waals surface area (Å²) in [6.45, 7) is 1.27. The number of nitriles is 1. The van der Waals surface area contributed by atoms with Crippen molar-refractivity contribution in [1.29, 1.82) is 5.26 Å². The van der Waals surface area contributed by atoms with E-state index in [4.69, 9.17) is 10.00 Å². The van der Waals surface area contributed by atoms with Gasteiger partial charge in [-0.25, -0.2) is 0 Å². The number of carbonyl (C=O) groups excluding carboxylic acids is 1. The van der Waals surface area contributed by atoms with Crippen molar-refractivity contribution in [2.75, 3.05) is 25.0 Å². The van der Waals surface area contributed by atoms with Crippen molar-refractivity contribution < 1.29 is 9.53 Å². The molecule has 0 aromatic heterocycles. The van der Waals surface area contributed by atoms with Crippen molar-refractivity contribution in [1.82, 2.24) is 5.32 Å². The molecule has 0 atom stereocenters. The van der Waals surface area contributed by atoms with Crippen LogP contribution in [-0.2, 0) is 0 Å². The molecule has 5 heteroatoms. The van der Waals surface area contributed by atoms with E-state index in [1.807, 2.05) is 12.1 Å². The van der Waals surface area contributed by atoms with Crippen LogP contribution in [0.4, 0.5) is 5.69 Å². The largest absolute Gasteiger partial charge is 0.489 e. The molecule has 1 aliphatic heterocycles. The van der Waals surface area contributed by atoms with Crippen molar-refractivity contribution in [3.8, 4) is 11.8 Å². The Balaban J connectivity index is 2.27. The van der Waals surface area contributed by atoms with E-state index in [0.29, 0.717) is 17.9 Å². The molecule has 82 valence electrons. The van der Waals surface area contributed by atoms with E-state index in [-0.39, 0.29) is 12.5 Å². The number of fused-ring (bicyclic) bond motifs is 1. The molecule has 1 aliphatic rings. The Morgan fingerprint density at radius 3 is 3.31 bits per heavy atom. The maximum Gasteiger partial charge on any atom is 0.255 e. The van der Waals surface area contributed by atoms with Crippen LogP contribution in [0.15, 0.2) is 18.2 Å². The SMILES string of the molecule is N#CCNC(=O)c1cccc2c1OCCN2. The summed E-state index contributed by atoms with van der Waals surface area (Å²) >= 11 is 0. The monoisotopic (exact) mass is 217 g/mol. The molecule has 1 aromatic rings. The third kappa shape index (κ3) is 1.91. The van der Waals surface area contributed by atoms with Crippen LogP contribution in [0.25, 0.3) is 0 Å². The molecule has 0 saturated carbocycles. The molecule has 16 heavy (non-hydrogen) atoms. The summed E-state index contributed by atoms with van der Waals surface area (Å²) in [4.78, 5) is 11.7. The number of anilines is 1. The predicted octanol–water partition coefficient (Wildman–Crippen LogP) is 0.744. The Bertz CT molecular complexity index is 451. The van der Waals surface area contributed by atoms with Crippen LogP contribution in [0.1, 0.15) is 10.4 Å². The number of carbonyl (C=O) groups is 1. The third-order valence-electron chi connectivity index (χ3n) is 2.25. The van der Waals surface area contributed by atoms with E-state index < -0.39 is 0 Å². The average Bonchev–Trinajstić information content (AvgIpc) is 2.35. The molecule has 2 N–H and O–H groups in total. The van der Waals surface area contributed by atoms with Gasteiger partial charge < -0.3 is 15.4 Å². The first-order chi connectivity index (χ1) is 7.83. The highest BCUT2D eigenvalue weighted by atomic mass is 16.5. The highest BCUT2D eigenvalue weighted by molar-refractivity contribution is 5.99. The van der Waals surface area contributed by atoms with Crippen molar-refractivity contribution in [3.05, 3.63) is 23.8 Å². The van der Waals surface area contributed by atoms with Crippen LogP contribution < -0.4 is 15.4 Å². The van der Waals surface area contributed by atoms with Crippen molar-refractivity contribution in [2.45, 2.75) is 0 Å². The van der Waals surface area contributed by atoms with Gasteiger partial charge in [-0.2, -0.15) is 5.26 Å². The number of nitrogens with one attached hydrogen (secondary N) is 2. The van der Waals surface area contributed by atoms with Crippen molar-refractivity contribution >= 4 is 11.6 Å². The molecule has 1 amide bonds. The molecule has 1 aromatic carbocycles. The number of benzene rings is 1. The quantitative estimate of drug-likeness (QED) is 0.717. The molecule has 0 bridgehead atoms. The van der Waals surface area contributed by atoms with Crippen LogP contribution in [0, 0.1) is 11.3 Å². The predicted molar refractivity (Wildman–Crippen MR) is 58.4 cm³/mol. The zero-order valence-electron chi connectivity index (χ0n) is 8.62. The second-order valence-corrected chi connectivity index (χ2v) is 3.30. The van der Waals surface area contributed by atoms with Crippen LogP contribution in [0.2, 0.25) is 0 Å². The summed E-state index contributed by atoms with van der Waals surface area (Å²) < 4.78 is 5.45. The molecule has 0 fully saturated rings. The Morgan fingerprint density at radius 1 is 1.62 bits per heavy atom. The lowest BCUT2D eigenvalue weighted by atomic mass is 10.1. The maximum atomic E-state index is 11.7. The van der Waals surface area contributed by atoms with E-state index in [1.165, 1.54) is 0 Å². The molecular formula is C11H11N3O2. The van der Waals surface area contributed by atoms with Crippen LogP contribution in [0.5, 0.6) is 5.75 Å². The normalized spacial score (nSPS) is 12.7. The third-order valence-corrected chi connectivity index (χ3v) is 2.25. The van der Waals surface area contributed by atoms with Gasteiger partial charge in [0.25, 0.3) is 5.91 Å². The highest BCUT2D eigenvalue weighted by Crippen LogP contribution is 2.30. The Labute approximate surface area is 93.0 Å². The van der Waals surface area contributed by atoms with E-state index in [9.17, 15) is 4.79 Å². The molecule has 0 radical (unpaired) electrons. The standard InChI is InChI=1S/C11H11N3O2/c12-4-5-14-11(15)8-2-1-3-9-10(8)16-7-6-13-9/h1-3,13H,5-7H2,(H,14,15). The van der Waals surface area contributed by atoms with E-state index in [0.717, 1.165) is 12.2 Å². The Kier molecular flexibility index (Phi) is 2.92. The van der Waals surface area contributed by atoms with Gasteiger partial charge in [0.2, 0.25) is 0 Å².